The summed E-state index contributed by atoms with van der Waals surface area (Å²) in [6, 6.07) is 8.98. The van der Waals surface area contributed by atoms with Crippen molar-refractivity contribution in [3.8, 4) is 0 Å². The second-order valence-corrected chi connectivity index (χ2v) is 10.5. The monoisotopic (exact) mass is 548 g/mol. The molecule has 0 radical (unpaired) electrons. The first kappa shape index (κ1) is 25.9. The summed E-state index contributed by atoms with van der Waals surface area (Å²) in [4.78, 5) is 64.3. The topological polar surface area (TPSA) is 119 Å². The number of β-lactam (4-membered cyclic amide) rings is 1. The third-order valence-corrected chi connectivity index (χ3v) is 7.89. The minimum atomic E-state index is -0.888. The molecule has 1 aromatic heterocycles. The first-order chi connectivity index (χ1) is 17.2. The molecule has 4 rings (SSSR count). The van der Waals surface area contributed by atoms with Crippen molar-refractivity contribution in [2.45, 2.75) is 24.8 Å². The first-order valence-corrected chi connectivity index (χ1v) is 13.1. The second-order valence-electron chi connectivity index (χ2n) is 7.95. The predicted molar refractivity (Wildman–Crippen MR) is 133 cm³/mol. The molecule has 2 aromatic rings. The number of esters is 2. The highest BCUT2D eigenvalue weighted by Crippen LogP contribution is 2.40. The predicted octanol–water partition coefficient (Wildman–Crippen LogP) is 2.59. The van der Waals surface area contributed by atoms with Gasteiger partial charge in [-0.2, -0.15) is 0 Å². The Morgan fingerprint density at radius 1 is 1.14 bits per heavy atom. The molecule has 2 amide bonds. The number of amides is 2. The number of benzene rings is 1. The number of hydrogen-bond donors (Lipinski definition) is 1. The van der Waals surface area contributed by atoms with Crippen LogP contribution >= 0.6 is 34.7 Å². The number of thiophene rings is 1. The lowest BCUT2D eigenvalue weighted by Gasteiger charge is -2.49. The van der Waals surface area contributed by atoms with E-state index in [1.165, 1.54) is 47.1 Å². The summed E-state index contributed by atoms with van der Waals surface area (Å²) in [7, 11) is 0. The minimum Gasteiger partial charge on any atom is -0.461 e. The van der Waals surface area contributed by atoms with Crippen LogP contribution in [0, 0.1) is 0 Å². The molecule has 0 saturated carbocycles. The van der Waals surface area contributed by atoms with Gasteiger partial charge >= 0.3 is 11.9 Å². The molecule has 0 spiro atoms. The highest BCUT2D eigenvalue weighted by Gasteiger charge is 2.54. The van der Waals surface area contributed by atoms with Gasteiger partial charge in [-0.1, -0.05) is 17.7 Å². The quantitative estimate of drug-likeness (QED) is 0.288. The molecule has 9 nitrogen and oxygen atoms in total. The molecule has 0 aliphatic carbocycles. The molecular formula is C24H21ClN2O7S2. The molecule has 0 bridgehead atoms. The highest BCUT2D eigenvalue weighted by atomic mass is 35.5. The van der Waals surface area contributed by atoms with E-state index in [2.05, 4.69) is 5.32 Å². The number of ether oxygens (including phenoxy) is 2. The van der Waals surface area contributed by atoms with E-state index in [-0.39, 0.29) is 30.4 Å². The Kier molecular flexibility index (Phi) is 8.12. The van der Waals surface area contributed by atoms with Crippen molar-refractivity contribution in [1.82, 2.24) is 10.2 Å². The summed E-state index contributed by atoms with van der Waals surface area (Å²) in [5.74, 6) is -2.39. The number of carbonyl (C=O) groups excluding carboxylic acids is 5. The molecule has 2 aliphatic heterocycles. The van der Waals surface area contributed by atoms with Gasteiger partial charge in [0.05, 0.1) is 6.42 Å². The third-order valence-electron chi connectivity index (χ3n) is 5.42. The van der Waals surface area contributed by atoms with E-state index in [0.717, 1.165) is 4.88 Å². The van der Waals surface area contributed by atoms with Gasteiger partial charge in [-0.3, -0.25) is 24.1 Å². The number of fused-ring (bicyclic) bond motifs is 1. The van der Waals surface area contributed by atoms with E-state index in [1.807, 2.05) is 17.5 Å². The number of hydrogen-bond acceptors (Lipinski definition) is 9. The first-order valence-electron chi connectivity index (χ1n) is 10.8. The van der Waals surface area contributed by atoms with Gasteiger partial charge in [0.25, 0.3) is 5.91 Å². The van der Waals surface area contributed by atoms with Crippen LogP contribution in [0.3, 0.4) is 0 Å². The van der Waals surface area contributed by atoms with Crippen molar-refractivity contribution in [1.29, 1.82) is 0 Å². The summed E-state index contributed by atoms with van der Waals surface area (Å²) >= 11 is 8.61. The van der Waals surface area contributed by atoms with Gasteiger partial charge in [0.1, 0.15) is 23.7 Å². The third kappa shape index (κ3) is 5.80. The Bertz CT molecular complexity index is 1230. The molecular weight excluding hydrogens is 528 g/mol. The SMILES string of the molecule is CC(=O)OCC1=C(C(=O)OCC(=O)c2ccc(Cl)cc2)N2C(=O)[C@H](NC(=O)Cc3cccs3)[C@@H]2SC1. The average Bonchev–Trinajstić information content (AvgIpc) is 3.37. The lowest BCUT2D eigenvalue weighted by Crippen LogP contribution is -2.70. The zero-order valence-corrected chi connectivity index (χ0v) is 21.4. The van der Waals surface area contributed by atoms with E-state index in [0.29, 0.717) is 16.2 Å². The number of nitrogens with zero attached hydrogens (tertiary/aromatic N) is 1. The van der Waals surface area contributed by atoms with Crippen molar-refractivity contribution < 1.29 is 33.4 Å². The van der Waals surface area contributed by atoms with E-state index >= 15 is 0 Å². The Balaban J connectivity index is 1.46. The lowest BCUT2D eigenvalue weighted by molar-refractivity contribution is -0.152. The number of thioether (sulfide) groups is 1. The van der Waals surface area contributed by atoms with Crippen molar-refractivity contribution in [3.63, 3.8) is 0 Å². The smallest absolute Gasteiger partial charge is 0.355 e. The Morgan fingerprint density at radius 2 is 1.89 bits per heavy atom. The molecule has 1 N–H and O–H groups in total. The lowest BCUT2D eigenvalue weighted by atomic mass is 10.0. The number of nitrogens with one attached hydrogen (secondary N) is 1. The summed E-state index contributed by atoms with van der Waals surface area (Å²) in [5.41, 5.74) is 0.622. The van der Waals surface area contributed by atoms with Crippen LogP contribution in [0.4, 0.5) is 0 Å². The molecule has 1 aromatic carbocycles. The fraction of sp³-hybridized carbons (Fsp3) is 0.292. The van der Waals surface area contributed by atoms with Crippen molar-refractivity contribution in [2.24, 2.45) is 0 Å². The molecule has 12 heteroatoms. The maximum absolute atomic E-state index is 13.0. The van der Waals surface area contributed by atoms with Crippen LogP contribution in [0.1, 0.15) is 22.2 Å². The van der Waals surface area contributed by atoms with Gasteiger partial charge in [-0.05, 0) is 35.7 Å². The molecule has 188 valence electrons. The molecule has 1 fully saturated rings. The number of Topliss-reactive ketones (excluding diaryl/α,β-unsaturated/α-hetero) is 1. The van der Waals surface area contributed by atoms with E-state index in [1.54, 1.807) is 12.1 Å². The van der Waals surface area contributed by atoms with Crippen molar-refractivity contribution in [2.75, 3.05) is 19.0 Å². The molecule has 36 heavy (non-hydrogen) atoms. The van der Waals surface area contributed by atoms with Gasteiger partial charge in [-0.25, -0.2) is 4.79 Å². The van der Waals surface area contributed by atoms with Crippen LogP contribution < -0.4 is 5.32 Å². The Labute approximate surface area is 219 Å². The van der Waals surface area contributed by atoms with E-state index < -0.39 is 41.7 Å². The van der Waals surface area contributed by atoms with E-state index in [4.69, 9.17) is 21.1 Å². The van der Waals surface area contributed by atoms with Crippen molar-refractivity contribution in [3.05, 3.63) is 68.5 Å². The number of carbonyl (C=O) groups is 5. The number of halogens is 1. The van der Waals surface area contributed by atoms with Crippen molar-refractivity contribution >= 4 is 64.2 Å². The Morgan fingerprint density at radius 3 is 2.56 bits per heavy atom. The molecule has 3 heterocycles. The second kappa shape index (κ2) is 11.3. The maximum atomic E-state index is 13.0. The minimum absolute atomic E-state index is 0.0716. The number of rotatable bonds is 9. The maximum Gasteiger partial charge on any atom is 0.355 e. The van der Waals surface area contributed by atoms with Gasteiger partial charge in [-0.15, -0.1) is 23.1 Å². The van der Waals surface area contributed by atoms with Crippen LogP contribution in [-0.4, -0.2) is 64.8 Å². The van der Waals surface area contributed by atoms with Crippen LogP contribution in [0.5, 0.6) is 0 Å². The van der Waals surface area contributed by atoms with Crippen LogP contribution in [0.25, 0.3) is 0 Å². The highest BCUT2D eigenvalue weighted by molar-refractivity contribution is 8.00. The summed E-state index contributed by atoms with van der Waals surface area (Å²) in [6.45, 7) is 0.478. The molecule has 1 saturated heterocycles. The molecule has 2 atom stereocenters. The van der Waals surface area contributed by atoms with Crippen LogP contribution in [0.2, 0.25) is 5.02 Å². The zero-order valence-electron chi connectivity index (χ0n) is 19.0. The van der Waals surface area contributed by atoms with Gasteiger partial charge < -0.3 is 14.8 Å². The Hall–Kier alpha value is -3.15. The average molecular weight is 549 g/mol. The molecule has 0 unspecified atom stereocenters. The van der Waals surface area contributed by atoms with Crippen LogP contribution in [0.15, 0.2) is 53.0 Å². The van der Waals surface area contributed by atoms with E-state index in [9.17, 15) is 24.0 Å². The fourth-order valence-corrected chi connectivity index (χ4v) is 5.84. The van der Waals surface area contributed by atoms with Crippen LogP contribution in [-0.2, 0) is 35.1 Å². The van der Waals surface area contributed by atoms with Gasteiger partial charge in [0.15, 0.2) is 12.4 Å². The summed E-state index contributed by atoms with van der Waals surface area (Å²) in [6.07, 6.45) is 0.147. The number of ketones is 1. The normalized spacial score (nSPS) is 18.7. The molecule has 2 aliphatic rings. The summed E-state index contributed by atoms with van der Waals surface area (Å²) < 4.78 is 10.3. The zero-order chi connectivity index (χ0) is 25.8. The fourth-order valence-electron chi connectivity index (χ4n) is 3.69. The van der Waals surface area contributed by atoms with Gasteiger partial charge in [0.2, 0.25) is 5.91 Å². The summed E-state index contributed by atoms with van der Waals surface area (Å²) in [5, 5.41) is 4.53. The van der Waals surface area contributed by atoms with Gasteiger partial charge in [0, 0.05) is 33.7 Å². The largest absolute Gasteiger partial charge is 0.461 e. The standard InChI is InChI=1S/C24H21ClN2O7S2/c1-13(28)33-10-15-12-36-23-20(26-19(30)9-17-3-2-8-35-17)22(31)27(23)21(15)24(32)34-11-18(29)14-4-6-16(25)7-5-14/h2-8,20,23H,9-12H2,1H3,(H,26,30)/t20-,23-/m0/s1.